The summed E-state index contributed by atoms with van der Waals surface area (Å²) in [5.41, 5.74) is 3.02. The smallest absolute Gasteiger partial charge is 0.291 e. The third-order valence-corrected chi connectivity index (χ3v) is 4.30. The maximum atomic E-state index is 12.5. The summed E-state index contributed by atoms with van der Waals surface area (Å²) in [7, 11) is 0. The number of hydrogen-bond acceptors (Lipinski definition) is 4. The molecule has 0 spiro atoms. The number of aromatic nitrogens is 4. The topological polar surface area (TPSA) is 72.2 Å². The number of nitrogens with one attached hydrogen (secondary N) is 1. The van der Waals surface area contributed by atoms with Crippen LogP contribution in [0.3, 0.4) is 0 Å². The number of nitrogens with zero attached hydrogens (tertiary/aromatic N) is 4. The number of carbonyl (C=O) groups is 1. The van der Waals surface area contributed by atoms with Gasteiger partial charge in [0.25, 0.3) is 5.91 Å². The van der Waals surface area contributed by atoms with Crippen LogP contribution in [0.5, 0.6) is 0 Å². The van der Waals surface area contributed by atoms with Gasteiger partial charge in [0.2, 0.25) is 5.82 Å². The number of amides is 1. The van der Waals surface area contributed by atoms with Crippen LogP contribution in [0.15, 0.2) is 66.7 Å². The van der Waals surface area contributed by atoms with Crippen molar-refractivity contribution in [3.63, 3.8) is 0 Å². The molecule has 0 aliphatic heterocycles. The molecule has 0 aliphatic rings. The average Bonchev–Trinajstić information content (AvgIpc) is 3.11. The molecule has 4 aromatic rings. The standard InChI is InChI=1S/C19H14ClN5O/c20-15-9-5-4-8-14(15)12-21-19(26)18-23-22-17-11-10-16(24-25(17)18)13-6-2-1-3-7-13/h1-11H,12H2,(H,21,26). The highest BCUT2D eigenvalue weighted by molar-refractivity contribution is 6.31. The van der Waals surface area contributed by atoms with E-state index < -0.39 is 0 Å². The highest BCUT2D eigenvalue weighted by atomic mass is 35.5. The van der Waals surface area contributed by atoms with Gasteiger partial charge in [-0.3, -0.25) is 4.79 Å². The Bertz CT molecular complexity index is 1080. The van der Waals surface area contributed by atoms with E-state index in [1.165, 1.54) is 4.52 Å². The van der Waals surface area contributed by atoms with E-state index in [1.807, 2.05) is 54.6 Å². The Morgan fingerprint density at radius 3 is 2.54 bits per heavy atom. The van der Waals surface area contributed by atoms with Crippen LogP contribution in [-0.4, -0.2) is 25.7 Å². The molecule has 0 unspecified atom stereocenters. The van der Waals surface area contributed by atoms with Crippen LogP contribution in [0.1, 0.15) is 16.2 Å². The molecule has 7 heteroatoms. The molecule has 0 atom stereocenters. The predicted molar refractivity (Wildman–Crippen MR) is 98.8 cm³/mol. The first-order valence-corrected chi connectivity index (χ1v) is 8.39. The van der Waals surface area contributed by atoms with Gasteiger partial charge in [0.1, 0.15) is 0 Å². The van der Waals surface area contributed by atoms with Crippen LogP contribution >= 0.6 is 11.6 Å². The van der Waals surface area contributed by atoms with E-state index in [9.17, 15) is 4.79 Å². The molecule has 128 valence electrons. The first-order valence-electron chi connectivity index (χ1n) is 8.02. The van der Waals surface area contributed by atoms with Gasteiger partial charge in [-0.25, -0.2) is 0 Å². The van der Waals surface area contributed by atoms with Crippen LogP contribution < -0.4 is 5.32 Å². The first-order chi connectivity index (χ1) is 12.7. The number of benzene rings is 2. The Kier molecular flexibility index (Phi) is 4.33. The summed E-state index contributed by atoms with van der Waals surface area (Å²) in [5, 5.41) is 15.9. The zero-order valence-electron chi connectivity index (χ0n) is 13.6. The normalized spacial score (nSPS) is 10.8. The van der Waals surface area contributed by atoms with Crippen LogP contribution in [0, 0.1) is 0 Å². The minimum atomic E-state index is -0.366. The van der Waals surface area contributed by atoms with Crippen molar-refractivity contribution in [3.05, 3.63) is 83.1 Å². The first kappa shape index (κ1) is 16.2. The monoisotopic (exact) mass is 363 g/mol. The Morgan fingerprint density at radius 2 is 1.73 bits per heavy atom. The van der Waals surface area contributed by atoms with Crippen molar-refractivity contribution in [2.24, 2.45) is 0 Å². The Labute approximate surface area is 154 Å². The third kappa shape index (κ3) is 3.14. The van der Waals surface area contributed by atoms with Gasteiger partial charge in [-0.05, 0) is 23.8 Å². The molecule has 1 amide bonds. The molecule has 1 N–H and O–H groups in total. The SMILES string of the molecule is O=C(NCc1ccccc1Cl)c1nnc2ccc(-c3ccccc3)nn12. The van der Waals surface area contributed by atoms with Gasteiger partial charge >= 0.3 is 0 Å². The van der Waals surface area contributed by atoms with Crippen molar-refractivity contribution in [2.75, 3.05) is 0 Å². The molecule has 0 fully saturated rings. The summed E-state index contributed by atoms with van der Waals surface area (Å²) in [6, 6.07) is 20.7. The number of halogens is 1. The molecule has 0 saturated heterocycles. The number of carbonyl (C=O) groups excluding carboxylic acids is 1. The molecule has 2 aromatic carbocycles. The van der Waals surface area contributed by atoms with Gasteiger partial charge in [0.05, 0.1) is 5.69 Å². The quantitative estimate of drug-likeness (QED) is 0.603. The van der Waals surface area contributed by atoms with Crippen LogP contribution in [-0.2, 0) is 6.54 Å². The van der Waals surface area contributed by atoms with Crippen molar-refractivity contribution in [1.82, 2.24) is 25.1 Å². The molecular formula is C19H14ClN5O. The van der Waals surface area contributed by atoms with Crippen LogP contribution in [0.25, 0.3) is 16.9 Å². The van der Waals surface area contributed by atoms with E-state index in [1.54, 1.807) is 12.1 Å². The summed E-state index contributed by atoms with van der Waals surface area (Å²) in [4.78, 5) is 12.5. The summed E-state index contributed by atoms with van der Waals surface area (Å²) in [6.07, 6.45) is 0. The molecule has 0 aliphatic carbocycles. The average molecular weight is 364 g/mol. The Balaban J connectivity index is 1.62. The maximum absolute atomic E-state index is 12.5. The fraction of sp³-hybridized carbons (Fsp3) is 0.0526. The summed E-state index contributed by atoms with van der Waals surface area (Å²) >= 11 is 6.12. The largest absolute Gasteiger partial charge is 0.345 e. The fourth-order valence-corrected chi connectivity index (χ4v) is 2.79. The third-order valence-electron chi connectivity index (χ3n) is 3.93. The lowest BCUT2D eigenvalue weighted by Crippen LogP contribution is -2.25. The second-order valence-electron chi connectivity index (χ2n) is 5.65. The summed E-state index contributed by atoms with van der Waals surface area (Å²) < 4.78 is 1.45. The van der Waals surface area contributed by atoms with Crippen LogP contribution in [0.2, 0.25) is 5.02 Å². The Morgan fingerprint density at radius 1 is 0.962 bits per heavy atom. The van der Waals surface area contributed by atoms with E-state index in [4.69, 9.17) is 11.6 Å². The fourth-order valence-electron chi connectivity index (χ4n) is 2.59. The van der Waals surface area contributed by atoms with Gasteiger partial charge in [-0.1, -0.05) is 60.1 Å². The molecule has 0 bridgehead atoms. The zero-order chi connectivity index (χ0) is 17.9. The highest BCUT2D eigenvalue weighted by Crippen LogP contribution is 2.17. The van der Waals surface area contributed by atoms with Gasteiger partial charge in [-0.15, -0.1) is 10.2 Å². The number of hydrogen-bond donors (Lipinski definition) is 1. The molecule has 6 nitrogen and oxygen atoms in total. The van der Waals surface area contributed by atoms with E-state index in [0.29, 0.717) is 17.2 Å². The van der Waals surface area contributed by atoms with Crippen LogP contribution in [0.4, 0.5) is 0 Å². The van der Waals surface area contributed by atoms with Gasteiger partial charge in [-0.2, -0.15) is 9.61 Å². The van der Waals surface area contributed by atoms with Crippen molar-refractivity contribution in [2.45, 2.75) is 6.54 Å². The lowest BCUT2D eigenvalue weighted by atomic mass is 10.1. The van der Waals surface area contributed by atoms with E-state index in [2.05, 4.69) is 20.6 Å². The van der Waals surface area contributed by atoms with E-state index >= 15 is 0 Å². The lowest BCUT2D eigenvalue weighted by Gasteiger charge is -2.06. The summed E-state index contributed by atoms with van der Waals surface area (Å²) in [6.45, 7) is 0.297. The zero-order valence-corrected chi connectivity index (χ0v) is 14.4. The molecule has 2 aromatic heterocycles. The maximum Gasteiger partial charge on any atom is 0.291 e. The second kappa shape index (κ2) is 6.93. The van der Waals surface area contributed by atoms with Crippen molar-refractivity contribution >= 4 is 23.2 Å². The molecule has 0 saturated carbocycles. The minimum absolute atomic E-state index is 0.129. The van der Waals surface area contributed by atoms with Crippen molar-refractivity contribution in [3.8, 4) is 11.3 Å². The molecule has 0 radical (unpaired) electrons. The second-order valence-corrected chi connectivity index (χ2v) is 6.06. The molecular weight excluding hydrogens is 350 g/mol. The van der Waals surface area contributed by atoms with Crippen molar-refractivity contribution in [1.29, 1.82) is 0 Å². The van der Waals surface area contributed by atoms with Gasteiger partial charge in [0.15, 0.2) is 5.65 Å². The molecule has 2 heterocycles. The predicted octanol–water partition coefficient (Wildman–Crippen LogP) is 3.37. The van der Waals surface area contributed by atoms with Crippen molar-refractivity contribution < 1.29 is 4.79 Å². The summed E-state index contributed by atoms with van der Waals surface area (Å²) in [5.74, 6) is -0.236. The number of fused-ring (bicyclic) bond motifs is 1. The lowest BCUT2D eigenvalue weighted by molar-refractivity contribution is 0.0938. The van der Waals surface area contributed by atoms with E-state index in [-0.39, 0.29) is 11.7 Å². The Hall–Kier alpha value is -3.25. The number of rotatable bonds is 4. The molecule has 4 rings (SSSR count). The highest BCUT2D eigenvalue weighted by Gasteiger charge is 2.16. The van der Waals surface area contributed by atoms with E-state index in [0.717, 1.165) is 16.8 Å². The molecule has 26 heavy (non-hydrogen) atoms. The minimum Gasteiger partial charge on any atom is -0.345 e. The van der Waals surface area contributed by atoms with Gasteiger partial charge < -0.3 is 5.32 Å². The van der Waals surface area contributed by atoms with Gasteiger partial charge in [0, 0.05) is 17.1 Å².